The Kier molecular flexibility index (Phi) is 7.15. The van der Waals surface area contributed by atoms with Crippen molar-refractivity contribution in [3.8, 4) is 0 Å². The summed E-state index contributed by atoms with van der Waals surface area (Å²) in [6, 6.07) is 0. The Labute approximate surface area is 85.8 Å². The van der Waals surface area contributed by atoms with E-state index in [1.165, 1.54) is 6.21 Å². The minimum Gasteiger partial charge on any atom is -0.497 e. The van der Waals surface area contributed by atoms with Gasteiger partial charge in [0, 0.05) is 6.21 Å². The zero-order valence-electron chi connectivity index (χ0n) is 8.79. The van der Waals surface area contributed by atoms with Crippen molar-refractivity contribution in [2.75, 3.05) is 7.11 Å². The van der Waals surface area contributed by atoms with Crippen LogP contribution in [-0.4, -0.2) is 13.3 Å². The maximum Gasteiger partial charge on any atom is 0.114 e. The van der Waals surface area contributed by atoms with Gasteiger partial charge < -0.3 is 10.1 Å². The molecule has 1 N–H and O–H groups in total. The highest BCUT2D eigenvalue weighted by Crippen LogP contribution is 2.03. The molecule has 0 rings (SSSR count). The lowest BCUT2D eigenvalue weighted by molar-refractivity contribution is 0.306. The minimum atomic E-state index is 0.718. The van der Waals surface area contributed by atoms with Crippen molar-refractivity contribution in [3.05, 3.63) is 48.3 Å². The molecule has 0 amide bonds. The smallest absolute Gasteiger partial charge is 0.114 e. The van der Waals surface area contributed by atoms with Crippen LogP contribution in [0.3, 0.4) is 0 Å². The molecule has 0 saturated heterocycles. The number of rotatable bonds is 6. The maximum absolute atomic E-state index is 7.12. The van der Waals surface area contributed by atoms with Crippen LogP contribution in [0.2, 0.25) is 0 Å². The molecule has 0 saturated carbocycles. The van der Waals surface area contributed by atoms with Gasteiger partial charge in [0.25, 0.3) is 0 Å². The summed E-state index contributed by atoms with van der Waals surface area (Å²) in [5.74, 6) is 0.827. The lowest BCUT2D eigenvalue weighted by atomic mass is 10.2. The van der Waals surface area contributed by atoms with Crippen molar-refractivity contribution in [2.45, 2.75) is 13.3 Å². The highest BCUT2D eigenvalue weighted by molar-refractivity contribution is 5.76. The van der Waals surface area contributed by atoms with E-state index in [2.05, 4.69) is 6.58 Å². The average molecular weight is 191 g/mol. The van der Waals surface area contributed by atoms with E-state index in [1.54, 1.807) is 13.2 Å². The summed E-state index contributed by atoms with van der Waals surface area (Å²) in [7, 11) is 1.64. The summed E-state index contributed by atoms with van der Waals surface area (Å²) >= 11 is 0. The van der Waals surface area contributed by atoms with Gasteiger partial charge in [-0.1, -0.05) is 24.8 Å². The molecule has 0 aromatic carbocycles. The quantitative estimate of drug-likeness (QED) is 0.390. The van der Waals surface area contributed by atoms with Gasteiger partial charge in [-0.05, 0) is 31.1 Å². The van der Waals surface area contributed by atoms with Crippen molar-refractivity contribution < 1.29 is 4.74 Å². The molecule has 2 heteroatoms. The molecule has 0 fully saturated rings. The monoisotopic (exact) mass is 191 g/mol. The molecule has 0 atom stereocenters. The summed E-state index contributed by atoms with van der Waals surface area (Å²) < 4.78 is 5.05. The van der Waals surface area contributed by atoms with Crippen molar-refractivity contribution in [1.29, 1.82) is 5.41 Å². The zero-order chi connectivity index (χ0) is 10.8. The lowest BCUT2D eigenvalue weighted by Crippen LogP contribution is -1.83. The Hall–Kier alpha value is -1.57. The second-order valence-corrected chi connectivity index (χ2v) is 2.62. The van der Waals surface area contributed by atoms with Gasteiger partial charge >= 0.3 is 0 Å². The molecule has 0 bridgehead atoms. The standard InChI is InChI=1S/C12H17NO/c1-4-7-11(10-13)8-6-9-12(5-2)14-3/h4-7,9-10,13H,1,8H2,2-3H3/b9-6-,11-7-,12-5+,13-10?. The van der Waals surface area contributed by atoms with Crippen molar-refractivity contribution in [1.82, 2.24) is 0 Å². The second kappa shape index (κ2) is 8.05. The predicted molar refractivity (Wildman–Crippen MR) is 61.6 cm³/mol. The Morgan fingerprint density at radius 2 is 2.21 bits per heavy atom. The van der Waals surface area contributed by atoms with E-state index in [0.717, 1.165) is 17.8 Å². The first kappa shape index (κ1) is 12.4. The second-order valence-electron chi connectivity index (χ2n) is 2.62. The van der Waals surface area contributed by atoms with E-state index < -0.39 is 0 Å². The Morgan fingerprint density at radius 1 is 1.50 bits per heavy atom. The van der Waals surface area contributed by atoms with Gasteiger partial charge in [0.2, 0.25) is 0 Å². The van der Waals surface area contributed by atoms with Crippen LogP contribution in [0.5, 0.6) is 0 Å². The molecule has 0 unspecified atom stereocenters. The first-order chi connectivity index (χ1) is 6.78. The van der Waals surface area contributed by atoms with Gasteiger partial charge in [-0.3, -0.25) is 0 Å². The number of hydrogen-bond donors (Lipinski definition) is 1. The molecule has 0 aliphatic rings. The summed E-state index contributed by atoms with van der Waals surface area (Å²) in [5.41, 5.74) is 0.919. The van der Waals surface area contributed by atoms with Crippen LogP contribution in [0, 0.1) is 5.41 Å². The number of allylic oxidation sites excluding steroid dienone is 6. The molecular weight excluding hydrogens is 174 g/mol. The van der Waals surface area contributed by atoms with E-state index in [4.69, 9.17) is 10.1 Å². The predicted octanol–water partition coefficient (Wildman–Crippen LogP) is 3.24. The third-order valence-electron chi connectivity index (χ3n) is 1.67. The number of nitrogens with one attached hydrogen (secondary N) is 1. The maximum atomic E-state index is 7.12. The van der Waals surface area contributed by atoms with Gasteiger partial charge in [-0.25, -0.2) is 0 Å². The Balaban J connectivity index is 4.21. The first-order valence-corrected chi connectivity index (χ1v) is 4.47. The topological polar surface area (TPSA) is 33.1 Å². The van der Waals surface area contributed by atoms with Crippen LogP contribution in [0.15, 0.2) is 48.3 Å². The zero-order valence-corrected chi connectivity index (χ0v) is 8.79. The fraction of sp³-hybridized carbons (Fsp3) is 0.250. The lowest BCUT2D eigenvalue weighted by Gasteiger charge is -1.98. The van der Waals surface area contributed by atoms with Gasteiger partial charge in [0.1, 0.15) is 5.76 Å². The largest absolute Gasteiger partial charge is 0.497 e. The van der Waals surface area contributed by atoms with Gasteiger partial charge in [-0.15, -0.1) is 0 Å². The number of hydrogen-bond acceptors (Lipinski definition) is 2. The molecule has 0 aliphatic heterocycles. The molecule has 0 spiro atoms. The molecule has 0 heterocycles. The van der Waals surface area contributed by atoms with Gasteiger partial charge in [-0.2, -0.15) is 0 Å². The van der Waals surface area contributed by atoms with E-state index >= 15 is 0 Å². The van der Waals surface area contributed by atoms with E-state index in [1.807, 2.05) is 31.2 Å². The van der Waals surface area contributed by atoms with Crippen molar-refractivity contribution in [3.63, 3.8) is 0 Å². The molecule has 14 heavy (non-hydrogen) atoms. The van der Waals surface area contributed by atoms with E-state index in [0.29, 0.717) is 0 Å². The third kappa shape index (κ3) is 5.14. The van der Waals surface area contributed by atoms with E-state index in [-0.39, 0.29) is 0 Å². The van der Waals surface area contributed by atoms with Crippen LogP contribution in [0.1, 0.15) is 13.3 Å². The molecule has 0 radical (unpaired) electrons. The molecule has 2 nitrogen and oxygen atoms in total. The Bertz CT molecular complexity index is 272. The number of methoxy groups -OCH3 is 1. The molecule has 0 aliphatic carbocycles. The van der Waals surface area contributed by atoms with Gasteiger partial charge in [0.15, 0.2) is 0 Å². The third-order valence-corrected chi connectivity index (χ3v) is 1.67. The highest BCUT2D eigenvalue weighted by Gasteiger charge is 1.88. The molecular formula is C12H17NO. The SMILES string of the molecule is C=C/C=C(\C=N)C/C=C\C(=C/C)OC. The number of ether oxygens (including phenoxy) is 1. The van der Waals surface area contributed by atoms with Crippen LogP contribution in [0.4, 0.5) is 0 Å². The molecule has 0 aromatic rings. The molecule has 0 aromatic heterocycles. The summed E-state index contributed by atoms with van der Waals surface area (Å²) in [6.07, 6.45) is 11.3. The fourth-order valence-electron chi connectivity index (χ4n) is 0.920. The average Bonchev–Trinajstić information content (AvgIpc) is 2.23. The summed E-state index contributed by atoms with van der Waals surface area (Å²) in [5, 5.41) is 7.12. The van der Waals surface area contributed by atoms with Crippen LogP contribution in [0.25, 0.3) is 0 Å². The first-order valence-electron chi connectivity index (χ1n) is 4.47. The van der Waals surface area contributed by atoms with Crippen LogP contribution >= 0.6 is 0 Å². The summed E-state index contributed by atoms with van der Waals surface area (Å²) in [4.78, 5) is 0. The normalized spacial score (nSPS) is 13.0. The van der Waals surface area contributed by atoms with Crippen LogP contribution in [-0.2, 0) is 4.74 Å². The van der Waals surface area contributed by atoms with Crippen molar-refractivity contribution in [2.24, 2.45) is 0 Å². The van der Waals surface area contributed by atoms with Gasteiger partial charge in [0.05, 0.1) is 7.11 Å². The molecule has 76 valence electrons. The van der Waals surface area contributed by atoms with E-state index in [9.17, 15) is 0 Å². The highest BCUT2D eigenvalue weighted by atomic mass is 16.5. The summed E-state index contributed by atoms with van der Waals surface area (Å²) in [6.45, 7) is 5.50. The van der Waals surface area contributed by atoms with Crippen molar-refractivity contribution >= 4 is 6.21 Å². The Morgan fingerprint density at radius 3 is 2.64 bits per heavy atom. The van der Waals surface area contributed by atoms with Crippen LogP contribution < -0.4 is 0 Å². The fourth-order valence-corrected chi connectivity index (χ4v) is 0.920. The minimum absolute atomic E-state index is 0.718.